The van der Waals surface area contributed by atoms with Gasteiger partial charge in [0.2, 0.25) is 0 Å². The summed E-state index contributed by atoms with van der Waals surface area (Å²) in [4.78, 5) is 0. The van der Waals surface area contributed by atoms with Crippen molar-refractivity contribution >= 4 is 0 Å². The molecule has 1 nitrogen and oxygen atoms in total. The largest absolute Gasteiger partial charge is 0.419 e. The number of halogens is 4. The molecule has 18 heavy (non-hydrogen) atoms. The lowest BCUT2D eigenvalue weighted by Gasteiger charge is -2.24. The molecule has 1 aromatic carbocycles. The van der Waals surface area contributed by atoms with Gasteiger partial charge in [-0.25, -0.2) is 4.39 Å². The third-order valence-corrected chi connectivity index (χ3v) is 4.32. The normalized spacial score (nSPS) is 23.8. The zero-order valence-corrected chi connectivity index (χ0v) is 9.65. The molecule has 1 aromatic rings. The van der Waals surface area contributed by atoms with Gasteiger partial charge in [0, 0.05) is 11.0 Å². The molecular weight excluding hydrogens is 246 g/mol. The molecule has 98 valence electrons. The predicted octanol–water partition coefficient (Wildman–Crippen LogP) is 3.37. The third kappa shape index (κ3) is 1.56. The van der Waals surface area contributed by atoms with Crippen LogP contribution in [0.25, 0.3) is 0 Å². The zero-order valence-electron chi connectivity index (χ0n) is 9.65. The van der Waals surface area contributed by atoms with E-state index in [1.54, 1.807) is 0 Å². The molecule has 0 spiro atoms. The van der Waals surface area contributed by atoms with Crippen LogP contribution < -0.4 is 5.73 Å². The summed E-state index contributed by atoms with van der Waals surface area (Å²) in [5, 5.41) is 0. The van der Waals surface area contributed by atoms with Crippen LogP contribution in [-0.2, 0) is 11.6 Å². The van der Waals surface area contributed by atoms with Gasteiger partial charge in [-0.05, 0) is 43.4 Å². The Morgan fingerprint density at radius 3 is 2.06 bits per heavy atom. The molecule has 0 aliphatic heterocycles. The summed E-state index contributed by atoms with van der Waals surface area (Å²) in [5.41, 5.74) is 4.96. The first kappa shape index (κ1) is 12.0. The quantitative estimate of drug-likeness (QED) is 0.810. The van der Waals surface area contributed by atoms with Crippen molar-refractivity contribution in [1.82, 2.24) is 0 Å². The highest BCUT2D eigenvalue weighted by molar-refractivity contribution is 5.42. The molecule has 3 rings (SSSR count). The predicted molar refractivity (Wildman–Crippen MR) is 58.5 cm³/mol. The molecule has 0 amide bonds. The fourth-order valence-electron chi connectivity index (χ4n) is 2.85. The molecule has 5 heteroatoms. The van der Waals surface area contributed by atoms with E-state index in [2.05, 4.69) is 0 Å². The lowest BCUT2D eigenvalue weighted by atomic mass is 9.85. The number of nitrogens with two attached hydrogens (primary N) is 1. The second-order valence-corrected chi connectivity index (χ2v) is 5.43. The fraction of sp³-hybridized carbons (Fsp3) is 0.538. The van der Waals surface area contributed by atoms with Crippen LogP contribution in [0.4, 0.5) is 17.6 Å². The minimum Gasteiger partial charge on any atom is -0.324 e. The van der Waals surface area contributed by atoms with Gasteiger partial charge < -0.3 is 5.73 Å². The minimum absolute atomic E-state index is 0.280. The van der Waals surface area contributed by atoms with E-state index in [1.165, 1.54) is 6.07 Å². The summed E-state index contributed by atoms with van der Waals surface area (Å²) in [6.45, 7) is 0. The molecule has 0 bridgehead atoms. The first-order valence-corrected chi connectivity index (χ1v) is 5.95. The van der Waals surface area contributed by atoms with Crippen molar-refractivity contribution in [2.75, 3.05) is 0 Å². The number of hydrogen-bond donors (Lipinski definition) is 1. The molecule has 0 saturated heterocycles. The van der Waals surface area contributed by atoms with Gasteiger partial charge >= 0.3 is 6.18 Å². The lowest BCUT2D eigenvalue weighted by Crippen LogP contribution is -2.37. The lowest BCUT2D eigenvalue weighted by molar-refractivity contribution is -0.140. The van der Waals surface area contributed by atoms with E-state index in [-0.39, 0.29) is 11.0 Å². The summed E-state index contributed by atoms with van der Waals surface area (Å²) in [7, 11) is 0. The molecule has 0 heterocycles. The molecule has 0 aromatic heterocycles. The molecule has 2 aliphatic carbocycles. The van der Waals surface area contributed by atoms with Gasteiger partial charge in [-0.3, -0.25) is 0 Å². The smallest absolute Gasteiger partial charge is 0.324 e. The van der Waals surface area contributed by atoms with Crippen molar-refractivity contribution in [2.45, 2.75) is 42.8 Å². The van der Waals surface area contributed by atoms with Crippen molar-refractivity contribution in [1.29, 1.82) is 0 Å². The standard InChI is InChI=1S/C13H13F4N/c14-10-7-8(1-2-9(10)13(15,16)17)11(3-4-11)12(18)5-6-12/h1-2,7H,3-6,18H2. The van der Waals surface area contributed by atoms with E-state index in [9.17, 15) is 17.6 Å². The second-order valence-electron chi connectivity index (χ2n) is 5.43. The summed E-state index contributed by atoms with van der Waals surface area (Å²) in [5.74, 6) is -1.20. The Labute approximate surface area is 102 Å². The van der Waals surface area contributed by atoms with E-state index in [4.69, 9.17) is 5.73 Å². The Kier molecular flexibility index (Phi) is 2.17. The third-order valence-electron chi connectivity index (χ3n) is 4.32. The highest BCUT2D eigenvalue weighted by Gasteiger charge is 2.64. The fourth-order valence-corrected chi connectivity index (χ4v) is 2.85. The van der Waals surface area contributed by atoms with Crippen molar-refractivity contribution in [2.24, 2.45) is 5.73 Å². The summed E-state index contributed by atoms with van der Waals surface area (Å²) in [6.07, 6.45) is -1.22. The van der Waals surface area contributed by atoms with E-state index >= 15 is 0 Å². The van der Waals surface area contributed by atoms with Gasteiger partial charge in [0.05, 0.1) is 5.56 Å². The highest BCUT2D eigenvalue weighted by atomic mass is 19.4. The molecule has 2 saturated carbocycles. The number of hydrogen-bond acceptors (Lipinski definition) is 1. The van der Waals surface area contributed by atoms with Gasteiger partial charge in [0.1, 0.15) is 5.82 Å². The number of alkyl halides is 3. The summed E-state index contributed by atoms with van der Waals surface area (Å²) >= 11 is 0. The van der Waals surface area contributed by atoms with Crippen LogP contribution in [0.2, 0.25) is 0 Å². The minimum atomic E-state index is -4.64. The molecule has 2 N–H and O–H groups in total. The van der Waals surface area contributed by atoms with Gasteiger partial charge in [0.25, 0.3) is 0 Å². The highest BCUT2D eigenvalue weighted by Crippen LogP contribution is 2.63. The molecule has 2 aliphatic rings. The van der Waals surface area contributed by atoms with Gasteiger partial charge in [-0.2, -0.15) is 13.2 Å². The zero-order chi connectivity index (χ0) is 13.2. The Morgan fingerprint density at radius 2 is 1.67 bits per heavy atom. The number of rotatable bonds is 2. The van der Waals surface area contributed by atoms with Gasteiger partial charge in [-0.1, -0.05) is 6.07 Å². The van der Waals surface area contributed by atoms with Crippen LogP contribution in [0.15, 0.2) is 18.2 Å². The van der Waals surface area contributed by atoms with E-state index in [1.807, 2.05) is 0 Å². The van der Waals surface area contributed by atoms with Crippen molar-refractivity contribution < 1.29 is 17.6 Å². The first-order valence-electron chi connectivity index (χ1n) is 5.95. The topological polar surface area (TPSA) is 26.0 Å². The van der Waals surface area contributed by atoms with Crippen LogP contribution in [0, 0.1) is 5.82 Å². The Balaban J connectivity index is 1.99. The molecule has 0 radical (unpaired) electrons. The SMILES string of the molecule is NC1(C2(c3ccc(C(F)(F)F)c(F)c3)CC2)CC1. The average Bonchev–Trinajstić information content (AvgIpc) is 3.10. The van der Waals surface area contributed by atoms with Crippen molar-refractivity contribution in [3.8, 4) is 0 Å². The van der Waals surface area contributed by atoms with E-state index in [0.717, 1.165) is 37.8 Å². The maximum absolute atomic E-state index is 13.6. The maximum Gasteiger partial charge on any atom is 0.419 e. The monoisotopic (exact) mass is 259 g/mol. The van der Waals surface area contributed by atoms with Crippen molar-refractivity contribution in [3.05, 3.63) is 35.1 Å². The first-order chi connectivity index (χ1) is 8.29. The van der Waals surface area contributed by atoms with E-state index in [0.29, 0.717) is 5.56 Å². The van der Waals surface area contributed by atoms with E-state index < -0.39 is 17.6 Å². The van der Waals surface area contributed by atoms with Crippen LogP contribution in [-0.4, -0.2) is 5.54 Å². The van der Waals surface area contributed by atoms with Crippen LogP contribution >= 0.6 is 0 Å². The second kappa shape index (κ2) is 3.26. The molecule has 0 unspecified atom stereocenters. The Hall–Kier alpha value is -1.10. The molecule has 0 atom stereocenters. The Bertz CT molecular complexity index is 498. The Morgan fingerprint density at radius 1 is 1.06 bits per heavy atom. The molecule has 2 fully saturated rings. The van der Waals surface area contributed by atoms with Crippen LogP contribution in [0.3, 0.4) is 0 Å². The van der Waals surface area contributed by atoms with Gasteiger partial charge in [0.15, 0.2) is 0 Å². The summed E-state index contributed by atoms with van der Waals surface area (Å²) < 4.78 is 51.0. The average molecular weight is 259 g/mol. The summed E-state index contributed by atoms with van der Waals surface area (Å²) in [6, 6.07) is 3.23. The number of benzene rings is 1. The maximum atomic E-state index is 13.6. The van der Waals surface area contributed by atoms with Crippen LogP contribution in [0.1, 0.15) is 36.8 Å². The van der Waals surface area contributed by atoms with Crippen LogP contribution in [0.5, 0.6) is 0 Å². The van der Waals surface area contributed by atoms with Gasteiger partial charge in [-0.15, -0.1) is 0 Å². The van der Waals surface area contributed by atoms with Crippen molar-refractivity contribution in [3.63, 3.8) is 0 Å². The molecular formula is C13H13F4N.